The van der Waals surface area contributed by atoms with E-state index < -0.39 is 31.8 Å². The molecule has 2 aromatic carbocycles. The molecular formula is C14H12N4O6. The van der Waals surface area contributed by atoms with Gasteiger partial charge in [-0.25, -0.2) is 0 Å². The molecule has 1 fully saturated rings. The van der Waals surface area contributed by atoms with Crippen molar-refractivity contribution >= 4 is 27.8 Å². The molecule has 1 N–H and O–H groups in total. The Labute approximate surface area is 134 Å². The summed E-state index contributed by atoms with van der Waals surface area (Å²) in [5.41, 5.74) is -0.937. The van der Waals surface area contributed by atoms with Crippen LogP contribution in [0.5, 0.6) is 0 Å². The second-order valence-electron chi connectivity index (χ2n) is 5.48. The number of nitrogens with one attached hydrogen (secondary N) is 1. The predicted octanol–water partition coefficient (Wildman–Crippen LogP) is 2.99. The molecule has 1 aliphatic rings. The average molecular weight is 332 g/mol. The molecule has 1 saturated heterocycles. The fourth-order valence-electron chi connectivity index (χ4n) is 3.11. The number of nitro groups is 3. The Kier molecular flexibility index (Phi) is 3.81. The van der Waals surface area contributed by atoms with E-state index >= 15 is 0 Å². The molecule has 0 bridgehead atoms. The Morgan fingerprint density at radius 2 is 1.67 bits per heavy atom. The van der Waals surface area contributed by atoms with Gasteiger partial charge < -0.3 is 5.32 Å². The van der Waals surface area contributed by atoms with Crippen molar-refractivity contribution < 1.29 is 14.8 Å². The van der Waals surface area contributed by atoms with Gasteiger partial charge in [0.1, 0.15) is 5.39 Å². The van der Waals surface area contributed by atoms with E-state index in [4.69, 9.17) is 0 Å². The van der Waals surface area contributed by atoms with E-state index in [1.165, 1.54) is 18.2 Å². The van der Waals surface area contributed by atoms with Gasteiger partial charge in [-0.3, -0.25) is 30.3 Å². The van der Waals surface area contributed by atoms with Gasteiger partial charge >= 0.3 is 0 Å². The van der Waals surface area contributed by atoms with Crippen LogP contribution < -0.4 is 5.32 Å². The second kappa shape index (κ2) is 5.81. The molecule has 0 radical (unpaired) electrons. The van der Waals surface area contributed by atoms with E-state index in [0.29, 0.717) is 5.56 Å². The maximum absolute atomic E-state index is 11.3. The van der Waals surface area contributed by atoms with Crippen molar-refractivity contribution in [3.05, 3.63) is 60.2 Å². The molecule has 10 heteroatoms. The van der Waals surface area contributed by atoms with E-state index in [1.807, 2.05) is 0 Å². The highest BCUT2D eigenvalue weighted by atomic mass is 16.6. The summed E-state index contributed by atoms with van der Waals surface area (Å²) in [6.45, 7) is 0.750. The standard InChI is InChI=1S/C14H12N4O6/c19-16(20)8-6-10-9(11-2-1-5-15-11)3-4-12(17(21)22)14(10)13(7-8)18(23)24/h3-4,6-7,11,15H,1-2,5H2. The van der Waals surface area contributed by atoms with Gasteiger partial charge in [0.15, 0.2) is 0 Å². The number of hydrogen-bond donors (Lipinski definition) is 1. The van der Waals surface area contributed by atoms with Crippen LogP contribution in [0.3, 0.4) is 0 Å². The molecule has 1 atom stereocenters. The Morgan fingerprint density at radius 3 is 2.21 bits per heavy atom. The van der Waals surface area contributed by atoms with Crippen molar-refractivity contribution in [3.8, 4) is 0 Å². The highest BCUT2D eigenvalue weighted by Crippen LogP contribution is 2.41. The lowest BCUT2D eigenvalue weighted by molar-refractivity contribution is -0.395. The molecule has 0 spiro atoms. The van der Waals surface area contributed by atoms with Crippen LogP contribution in [0.1, 0.15) is 24.4 Å². The molecule has 0 aliphatic carbocycles. The smallest absolute Gasteiger partial charge is 0.291 e. The minimum absolute atomic E-state index is 0.144. The fraction of sp³-hybridized carbons (Fsp3) is 0.286. The molecule has 10 nitrogen and oxygen atoms in total. The summed E-state index contributed by atoms with van der Waals surface area (Å²) in [6, 6.07) is 4.52. The Hall–Kier alpha value is -3.14. The zero-order chi connectivity index (χ0) is 17.4. The zero-order valence-electron chi connectivity index (χ0n) is 12.3. The molecule has 0 saturated carbocycles. The maximum atomic E-state index is 11.3. The SMILES string of the molecule is O=[N+]([O-])c1cc([N+](=O)[O-])c2c([N+](=O)[O-])ccc(C3CCCN3)c2c1. The van der Waals surface area contributed by atoms with Gasteiger partial charge in [-0.2, -0.15) is 0 Å². The van der Waals surface area contributed by atoms with Crippen LogP contribution in [0.2, 0.25) is 0 Å². The van der Waals surface area contributed by atoms with E-state index in [-0.39, 0.29) is 16.8 Å². The molecule has 2 aromatic rings. The third kappa shape index (κ3) is 2.52. The molecule has 0 aromatic heterocycles. The molecule has 1 unspecified atom stereocenters. The molecular weight excluding hydrogens is 320 g/mol. The summed E-state index contributed by atoms with van der Waals surface area (Å²) >= 11 is 0. The minimum atomic E-state index is -0.825. The van der Waals surface area contributed by atoms with Crippen LogP contribution in [0.4, 0.5) is 17.1 Å². The summed E-state index contributed by atoms with van der Waals surface area (Å²) in [5, 5.41) is 36.9. The quantitative estimate of drug-likeness (QED) is 0.669. The number of hydrogen-bond acceptors (Lipinski definition) is 7. The van der Waals surface area contributed by atoms with Crippen LogP contribution in [-0.2, 0) is 0 Å². The summed E-state index contributed by atoms with van der Waals surface area (Å²) in [4.78, 5) is 31.4. The van der Waals surface area contributed by atoms with E-state index in [9.17, 15) is 30.3 Å². The lowest BCUT2D eigenvalue weighted by atomic mass is 9.95. The van der Waals surface area contributed by atoms with Crippen LogP contribution in [0.25, 0.3) is 10.8 Å². The summed E-state index contributed by atoms with van der Waals surface area (Å²) in [6.07, 6.45) is 1.64. The summed E-state index contributed by atoms with van der Waals surface area (Å²) in [5.74, 6) is 0. The lowest BCUT2D eigenvalue weighted by Crippen LogP contribution is -2.13. The van der Waals surface area contributed by atoms with Crippen molar-refractivity contribution in [2.24, 2.45) is 0 Å². The Bertz CT molecular complexity index is 875. The van der Waals surface area contributed by atoms with Crippen molar-refractivity contribution in [3.63, 3.8) is 0 Å². The first-order chi connectivity index (χ1) is 11.4. The number of rotatable bonds is 4. The van der Waals surface area contributed by atoms with E-state index in [0.717, 1.165) is 25.5 Å². The number of benzene rings is 2. The van der Waals surface area contributed by atoms with Crippen molar-refractivity contribution in [1.29, 1.82) is 0 Å². The molecule has 24 heavy (non-hydrogen) atoms. The number of nitro benzene ring substituents is 3. The van der Waals surface area contributed by atoms with Gasteiger partial charge in [0, 0.05) is 23.6 Å². The van der Waals surface area contributed by atoms with Gasteiger partial charge in [0.05, 0.1) is 20.8 Å². The molecule has 1 heterocycles. The highest BCUT2D eigenvalue weighted by Gasteiger charge is 2.30. The van der Waals surface area contributed by atoms with Gasteiger partial charge in [0.25, 0.3) is 17.1 Å². The molecule has 1 aliphatic heterocycles. The zero-order valence-corrected chi connectivity index (χ0v) is 12.3. The summed E-state index contributed by atoms with van der Waals surface area (Å²) in [7, 11) is 0. The summed E-state index contributed by atoms with van der Waals surface area (Å²) < 4.78 is 0. The van der Waals surface area contributed by atoms with Crippen molar-refractivity contribution in [2.75, 3.05) is 6.54 Å². The van der Waals surface area contributed by atoms with E-state index in [1.54, 1.807) is 0 Å². The Balaban J connectivity index is 2.42. The van der Waals surface area contributed by atoms with Crippen LogP contribution in [-0.4, -0.2) is 21.3 Å². The highest BCUT2D eigenvalue weighted by molar-refractivity contribution is 6.02. The van der Waals surface area contributed by atoms with Gasteiger partial charge in [-0.05, 0) is 31.0 Å². The third-order valence-corrected chi connectivity index (χ3v) is 4.13. The van der Waals surface area contributed by atoms with Gasteiger partial charge in [0.2, 0.25) is 0 Å². The largest absolute Gasteiger partial charge is 0.310 e. The number of fused-ring (bicyclic) bond motifs is 1. The van der Waals surface area contributed by atoms with Crippen LogP contribution in [0, 0.1) is 30.3 Å². The first-order valence-corrected chi connectivity index (χ1v) is 7.17. The normalized spacial score (nSPS) is 17.1. The Morgan fingerprint density at radius 1 is 0.958 bits per heavy atom. The fourth-order valence-corrected chi connectivity index (χ4v) is 3.11. The third-order valence-electron chi connectivity index (χ3n) is 4.13. The van der Waals surface area contributed by atoms with Crippen LogP contribution in [0.15, 0.2) is 24.3 Å². The molecule has 0 amide bonds. The molecule has 124 valence electrons. The average Bonchev–Trinajstić information content (AvgIpc) is 3.06. The van der Waals surface area contributed by atoms with E-state index in [2.05, 4.69) is 5.32 Å². The van der Waals surface area contributed by atoms with Gasteiger partial charge in [-0.1, -0.05) is 0 Å². The number of nitrogens with zero attached hydrogens (tertiary/aromatic N) is 3. The maximum Gasteiger partial charge on any atom is 0.291 e. The first-order valence-electron chi connectivity index (χ1n) is 7.17. The topological polar surface area (TPSA) is 141 Å². The molecule has 3 rings (SSSR count). The second-order valence-corrected chi connectivity index (χ2v) is 5.48. The van der Waals surface area contributed by atoms with Crippen molar-refractivity contribution in [2.45, 2.75) is 18.9 Å². The number of non-ortho nitro benzene ring substituents is 3. The van der Waals surface area contributed by atoms with Crippen LogP contribution >= 0.6 is 0 Å². The predicted molar refractivity (Wildman–Crippen MR) is 83.9 cm³/mol. The minimum Gasteiger partial charge on any atom is -0.310 e. The first kappa shape index (κ1) is 15.7. The lowest BCUT2D eigenvalue weighted by Gasteiger charge is -2.14. The van der Waals surface area contributed by atoms with Gasteiger partial charge in [-0.15, -0.1) is 0 Å². The van der Waals surface area contributed by atoms with Crippen molar-refractivity contribution in [1.82, 2.24) is 5.32 Å². The monoisotopic (exact) mass is 332 g/mol.